The number of benzene rings is 2. The van der Waals surface area contributed by atoms with Crippen LogP contribution in [0.1, 0.15) is 48.2 Å². The first-order valence-corrected chi connectivity index (χ1v) is 11.1. The molecule has 0 aliphatic heterocycles. The molecular formula is C25H36N4O2. The summed E-state index contributed by atoms with van der Waals surface area (Å²) in [4.78, 5) is 26.9. The van der Waals surface area contributed by atoms with E-state index in [2.05, 4.69) is 40.8 Å². The van der Waals surface area contributed by atoms with E-state index in [1.54, 1.807) is 24.3 Å². The van der Waals surface area contributed by atoms with Crippen molar-refractivity contribution in [3.8, 4) is 0 Å². The maximum Gasteiger partial charge on any atom is 0.251 e. The van der Waals surface area contributed by atoms with E-state index in [0.717, 1.165) is 43.7 Å². The van der Waals surface area contributed by atoms with Crippen molar-refractivity contribution in [2.45, 2.75) is 40.5 Å². The van der Waals surface area contributed by atoms with E-state index in [1.807, 2.05) is 26.0 Å². The molecule has 0 aliphatic rings. The zero-order valence-corrected chi connectivity index (χ0v) is 19.3. The van der Waals surface area contributed by atoms with E-state index in [9.17, 15) is 9.59 Å². The van der Waals surface area contributed by atoms with Crippen molar-refractivity contribution in [2.75, 3.05) is 43.4 Å². The van der Waals surface area contributed by atoms with Gasteiger partial charge in [-0.25, -0.2) is 0 Å². The molecule has 0 radical (unpaired) electrons. The molecule has 0 aliphatic carbocycles. The molecular weight excluding hydrogens is 388 g/mol. The molecule has 0 spiro atoms. The van der Waals surface area contributed by atoms with Crippen LogP contribution in [0.3, 0.4) is 0 Å². The number of nitrogens with zero attached hydrogens (tertiary/aromatic N) is 1. The van der Waals surface area contributed by atoms with Gasteiger partial charge in [-0.15, -0.1) is 0 Å². The Hall–Kier alpha value is -2.86. The van der Waals surface area contributed by atoms with E-state index in [4.69, 9.17) is 0 Å². The molecule has 168 valence electrons. The number of carbonyl (C=O) groups is 2. The fourth-order valence-electron chi connectivity index (χ4n) is 3.40. The van der Waals surface area contributed by atoms with Crippen LogP contribution < -0.4 is 16.0 Å². The van der Waals surface area contributed by atoms with Gasteiger partial charge in [-0.05, 0) is 82.2 Å². The Morgan fingerprint density at radius 2 is 1.65 bits per heavy atom. The van der Waals surface area contributed by atoms with Crippen LogP contribution in [-0.4, -0.2) is 49.4 Å². The summed E-state index contributed by atoms with van der Waals surface area (Å²) < 4.78 is 0. The SMILES string of the molecule is CCN(CC)CCCCNC(=O)c1ccc(NC(=O)CNc2ccc(C)cc2C)cc1. The second-order valence-electron chi connectivity index (χ2n) is 7.79. The minimum Gasteiger partial charge on any atom is -0.376 e. The first kappa shape index (κ1) is 24.4. The van der Waals surface area contributed by atoms with Crippen LogP contribution in [0.25, 0.3) is 0 Å². The highest BCUT2D eigenvalue weighted by molar-refractivity contribution is 5.96. The molecule has 0 aromatic heterocycles. The van der Waals surface area contributed by atoms with Crippen molar-refractivity contribution in [3.63, 3.8) is 0 Å². The quantitative estimate of drug-likeness (QED) is 0.446. The molecule has 2 aromatic carbocycles. The van der Waals surface area contributed by atoms with Gasteiger partial charge in [0.25, 0.3) is 5.91 Å². The normalized spacial score (nSPS) is 10.7. The van der Waals surface area contributed by atoms with Crippen molar-refractivity contribution >= 4 is 23.2 Å². The molecule has 0 unspecified atom stereocenters. The highest BCUT2D eigenvalue weighted by Crippen LogP contribution is 2.16. The smallest absolute Gasteiger partial charge is 0.251 e. The Bertz CT molecular complexity index is 845. The van der Waals surface area contributed by atoms with Crippen molar-refractivity contribution in [3.05, 3.63) is 59.2 Å². The second-order valence-corrected chi connectivity index (χ2v) is 7.79. The fourth-order valence-corrected chi connectivity index (χ4v) is 3.40. The van der Waals surface area contributed by atoms with Crippen LogP contribution >= 0.6 is 0 Å². The van der Waals surface area contributed by atoms with Crippen molar-refractivity contribution < 1.29 is 9.59 Å². The highest BCUT2D eigenvalue weighted by Gasteiger charge is 2.07. The van der Waals surface area contributed by atoms with Gasteiger partial charge in [0.1, 0.15) is 0 Å². The molecule has 0 heterocycles. The third-order valence-corrected chi connectivity index (χ3v) is 5.33. The number of anilines is 2. The predicted octanol–water partition coefficient (Wildman–Crippen LogP) is 4.21. The summed E-state index contributed by atoms with van der Waals surface area (Å²) in [6, 6.07) is 13.1. The Labute approximate surface area is 186 Å². The summed E-state index contributed by atoms with van der Waals surface area (Å²) >= 11 is 0. The molecule has 6 nitrogen and oxygen atoms in total. The average molecular weight is 425 g/mol. The van der Waals surface area contributed by atoms with Crippen LogP contribution in [0.2, 0.25) is 0 Å². The van der Waals surface area contributed by atoms with Gasteiger partial charge in [0.15, 0.2) is 0 Å². The summed E-state index contributed by atoms with van der Waals surface area (Å²) in [5, 5.41) is 8.97. The van der Waals surface area contributed by atoms with Crippen LogP contribution in [0, 0.1) is 13.8 Å². The lowest BCUT2D eigenvalue weighted by molar-refractivity contribution is -0.114. The Balaban J connectivity index is 1.72. The third kappa shape index (κ3) is 8.42. The number of hydrogen-bond acceptors (Lipinski definition) is 4. The lowest BCUT2D eigenvalue weighted by atomic mass is 10.1. The average Bonchev–Trinajstić information content (AvgIpc) is 2.76. The van der Waals surface area contributed by atoms with Gasteiger partial charge in [-0.2, -0.15) is 0 Å². The van der Waals surface area contributed by atoms with Gasteiger partial charge in [0, 0.05) is 23.5 Å². The molecule has 31 heavy (non-hydrogen) atoms. The number of rotatable bonds is 12. The zero-order valence-electron chi connectivity index (χ0n) is 19.3. The summed E-state index contributed by atoms with van der Waals surface area (Å²) in [5.74, 6) is -0.220. The van der Waals surface area contributed by atoms with Gasteiger partial charge in [0.2, 0.25) is 5.91 Å². The van der Waals surface area contributed by atoms with Crippen molar-refractivity contribution in [1.29, 1.82) is 0 Å². The molecule has 0 bridgehead atoms. The molecule has 0 fully saturated rings. The molecule has 0 atom stereocenters. The molecule has 0 saturated heterocycles. The van der Waals surface area contributed by atoms with E-state index < -0.39 is 0 Å². The summed E-state index contributed by atoms with van der Waals surface area (Å²) in [5.41, 5.74) is 4.51. The topological polar surface area (TPSA) is 73.5 Å². The summed E-state index contributed by atoms with van der Waals surface area (Å²) in [7, 11) is 0. The largest absolute Gasteiger partial charge is 0.376 e. The van der Waals surface area contributed by atoms with Gasteiger partial charge in [0.05, 0.1) is 6.54 Å². The summed E-state index contributed by atoms with van der Waals surface area (Å²) in [6.07, 6.45) is 2.03. The summed E-state index contributed by atoms with van der Waals surface area (Å²) in [6.45, 7) is 12.4. The third-order valence-electron chi connectivity index (χ3n) is 5.33. The monoisotopic (exact) mass is 424 g/mol. The lowest BCUT2D eigenvalue weighted by Crippen LogP contribution is -2.27. The minimum atomic E-state index is -0.134. The number of aryl methyl sites for hydroxylation is 2. The first-order valence-electron chi connectivity index (χ1n) is 11.1. The van der Waals surface area contributed by atoms with Crippen molar-refractivity contribution in [1.82, 2.24) is 10.2 Å². The van der Waals surface area contributed by atoms with Crippen LogP contribution in [0.5, 0.6) is 0 Å². The standard InChI is InChI=1S/C25H36N4O2/c1-5-29(6-2)16-8-7-15-26-25(31)21-10-12-22(13-11-21)28-24(30)18-27-23-14-9-19(3)17-20(23)4/h9-14,17,27H,5-8,15-16,18H2,1-4H3,(H,26,31)(H,28,30). The van der Waals surface area contributed by atoms with Crippen LogP contribution in [0.4, 0.5) is 11.4 Å². The predicted molar refractivity (Wildman–Crippen MR) is 129 cm³/mol. The number of unbranched alkanes of at least 4 members (excludes halogenated alkanes) is 1. The number of amides is 2. The molecule has 0 saturated carbocycles. The maximum absolute atomic E-state index is 12.3. The zero-order chi connectivity index (χ0) is 22.6. The fraction of sp³-hybridized carbons (Fsp3) is 0.440. The van der Waals surface area contributed by atoms with E-state index in [-0.39, 0.29) is 18.4 Å². The molecule has 2 amide bonds. The second kappa shape index (κ2) is 12.7. The Morgan fingerprint density at radius 1 is 0.935 bits per heavy atom. The van der Waals surface area contributed by atoms with E-state index in [0.29, 0.717) is 17.8 Å². The van der Waals surface area contributed by atoms with Gasteiger partial charge in [-0.1, -0.05) is 31.5 Å². The van der Waals surface area contributed by atoms with Crippen molar-refractivity contribution in [2.24, 2.45) is 0 Å². The highest BCUT2D eigenvalue weighted by atomic mass is 16.2. The van der Waals surface area contributed by atoms with E-state index in [1.165, 1.54) is 5.56 Å². The number of carbonyl (C=O) groups excluding carboxylic acids is 2. The van der Waals surface area contributed by atoms with Crippen LogP contribution in [0.15, 0.2) is 42.5 Å². The molecule has 6 heteroatoms. The molecule has 2 rings (SSSR count). The molecule has 3 N–H and O–H groups in total. The minimum absolute atomic E-state index is 0.0859. The van der Waals surface area contributed by atoms with Gasteiger partial charge >= 0.3 is 0 Å². The number of nitrogens with one attached hydrogen (secondary N) is 3. The Morgan fingerprint density at radius 3 is 2.29 bits per heavy atom. The first-order chi connectivity index (χ1) is 14.9. The molecule has 2 aromatic rings. The van der Waals surface area contributed by atoms with Crippen LogP contribution in [-0.2, 0) is 4.79 Å². The van der Waals surface area contributed by atoms with Gasteiger partial charge < -0.3 is 20.9 Å². The van der Waals surface area contributed by atoms with E-state index >= 15 is 0 Å². The Kier molecular flexibility index (Phi) is 10.0. The van der Waals surface area contributed by atoms with Gasteiger partial charge in [-0.3, -0.25) is 9.59 Å². The maximum atomic E-state index is 12.3. The lowest BCUT2D eigenvalue weighted by Gasteiger charge is -2.17. The number of hydrogen-bond donors (Lipinski definition) is 3.